The Kier molecular flexibility index (Phi) is 3.66. The third-order valence-electron chi connectivity index (χ3n) is 4.47. The summed E-state index contributed by atoms with van der Waals surface area (Å²) in [5, 5.41) is 7.54. The highest BCUT2D eigenvalue weighted by Gasteiger charge is 2.23. The van der Waals surface area contributed by atoms with Crippen LogP contribution in [0.2, 0.25) is 0 Å². The molecule has 0 bridgehead atoms. The van der Waals surface area contributed by atoms with Gasteiger partial charge in [-0.1, -0.05) is 0 Å². The van der Waals surface area contributed by atoms with Crippen LogP contribution >= 0.6 is 0 Å². The van der Waals surface area contributed by atoms with Crippen molar-refractivity contribution in [3.05, 3.63) is 18.0 Å². The molecule has 1 atom stereocenters. The highest BCUT2D eigenvalue weighted by molar-refractivity contribution is 5.83. The Hall–Kier alpha value is -2.52. The average molecular weight is 328 g/mol. The van der Waals surface area contributed by atoms with Gasteiger partial charge in [0.2, 0.25) is 0 Å². The van der Waals surface area contributed by atoms with Gasteiger partial charge in [-0.2, -0.15) is 0 Å². The molecule has 1 fully saturated rings. The fourth-order valence-corrected chi connectivity index (χ4v) is 3.36. The standard InChI is InChI=1S/C15H20N8O/c1-2-23-13-9(7-22-4-3-10(16)8-22)5-18-6-11(13)19-15(23)12-14(17)21-24-20-12/h5-6,10H,2-4,7-8,16H2,1H3,(H2,17,21)/t10-/m1/s1. The second kappa shape index (κ2) is 5.84. The number of fused-ring (bicyclic) bond motifs is 1. The van der Waals surface area contributed by atoms with Crippen LogP contribution in [-0.4, -0.2) is 48.9 Å². The van der Waals surface area contributed by atoms with Crippen molar-refractivity contribution in [2.75, 3.05) is 18.8 Å². The van der Waals surface area contributed by atoms with Crippen molar-refractivity contribution in [2.45, 2.75) is 32.5 Å². The van der Waals surface area contributed by atoms with E-state index in [1.165, 1.54) is 0 Å². The van der Waals surface area contributed by atoms with Crippen molar-refractivity contribution < 1.29 is 4.63 Å². The van der Waals surface area contributed by atoms with Crippen molar-refractivity contribution in [3.63, 3.8) is 0 Å². The Bertz CT molecular complexity index is 870. The van der Waals surface area contributed by atoms with Gasteiger partial charge in [-0.3, -0.25) is 9.88 Å². The zero-order valence-electron chi connectivity index (χ0n) is 13.5. The van der Waals surface area contributed by atoms with Crippen molar-refractivity contribution in [1.29, 1.82) is 0 Å². The van der Waals surface area contributed by atoms with Crippen molar-refractivity contribution in [1.82, 2.24) is 29.7 Å². The normalized spacial score (nSPS) is 18.7. The van der Waals surface area contributed by atoms with Gasteiger partial charge in [0.1, 0.15) is 5.52 Å². The first kappa shape index (κ1) is 15.0. The summed E-state index contributed by atoms with van der Waals surface area (Å²) in [4.78, 5) is 11.3. The van der Waals surface area contributed by atoms with Crippen LogP contribution in [0.15, 0.2) is 17.0 Å². The lowest BCUT2D eigenvalue weighted by Gasteiger charge is -2.16. The minimum atomic E-state index is 0.236. The Labute approximate surface area is 138 Å². The smallest absolute Gasteiger partial charge is 0.199 e. The molecule has 0 amide bonds. The number of nitrogen functional groups attached to an aromatic ring is 1. The van der Waals surface area contributed by atoms with Crippen LogP contribution in [0.1, 0.15) is 18.9 Å². The number of rotatable bonds is 4. The molecular weight excluding hydrogens is 308 g/mol. The van der Waals surface area contributed by atoms with Crippen LogP contribution in [0.3, 0.4) is 0 Å². The van der Waals surface area contributed by atoms with E-state index in [-0.39, 0.29) is 11.9 Å². The third kappa shape index (κ3) is 2.42. The van der Waals surface area contributed by atoms with Gasteiger partial charge in [0, 0.05) is 44.0 Å². The van der Waals surface area contributed by atoms with Crippen LogP contribution in [0.4, 0.5) is 5.82 Å². The quantitative estimate of drug-likeness (QED) is 0.714. The van der Waals surface area contributed by atoms with E-state index in [0.29, 0.717) is 11.5 Å². The highest BCUT2D eigenvalue weighted by atomic mass is 16.6. The molecule has 4 rings (SSSR count). The van der Waals surface area contributed by atoms with Gasteiger partial charge in [-0.05, 0) is 23.7 Å². The van der Waals surface area contributed by atoms with E-state index in [1.807, 2.05) is 6.20 Å². The number of pyridine rings is 1. The molecule has 0 aliphatic carbocycles. The van der Waals surface area contributed by atoms with Crippen LogP contribution < -0.4 is 11.5 Å². The average Bonchev–Trinajstić information content (AvgIpc) is 3.25. The minimum absolute atomic E-state index is 0.236. The van der Waals surface area contributed by atoms with E-state index < -0.39 is 0 Å². The monoisotopic (exact) mass is 328 g/mol. The summed E-state index contributed by atoms with van der Waals surface area (Å²) in [5.41, 5.74) is 15.3. The summed E-state index contributed by atoms with van der Waals surface area (Å²) in [6.07, 6.45) is 4.69. The number of anilines is 1. The number of nitrogens with zero attached hydrogens (tertiary/aromatic N) is 6. The van der Waals surface area contributed by atoms with E-state index in [2.05, 4.69) is 36.7 Å². The number of hydrogen-bond acceptors (Lipinski definition) is 8. The largest absolute Gasteiger partial charge is 0.379 e. The second-order valence-electron chi connectivity index (χ2n) is 6.13. The zero-order valence-corrected chi connectivity index (χ0v) is 13.5. The van der Waals surface area contributed by atoms with E-state index in [4.69, 9.17) is 16.1 Å². The number of hydrogen-bond donors (Lipinski definition) is 2. The van der Waals surface area contributed by atoms with Crippen molar-refractivity contribution >= 4 is 16.9 Å². The number of aromatic nitrogens is 5. The fourth-order valence-electron chi connectivity index (χ4n) is 3.36. The molecule has 1 saturated heterocycles. The number of aryl methyl sites for hydroxylation is 1. The van der Waals surface area contributed by atoms with Gasteiger partial charge in [-0.15, -0.1) is 0 Å². The Morgan fingerprint density at radius 2 is 2.21 bits per heavy atom. The molecule has 126 valence electrons. The van der Waals surface area contributed by atoms with Gasteiger partial charge < -0.3 is 16.0 Å². The van der Waals surface area contributed by atoms with Crippen molar-refractivity contribution in [3.8, 4) is 11.5 Å². The first-order valence-corrected chi connectivity index (χ1v) is 8.06. The summed E-state index contributed by atoms with van der Waals surface area (Å²) >= 11 is 0. The Morgan fingerprint density at radius 1 is 1.33 bits per heavy atom. The molecule has 0 aromatic carbocycles. The van der Waals surface area contributed by atoms with Crippen molar-refractivity contribution in [2.24, 2.45) is 5.73 Å². The van der Waals surface area contributed by atoms with E-state index in [0.717, 1.165) is 49.2 Å². The second-order valence-corrected chi connectivity index (χ2v) is 6.13. The predicted octanol–water partition coefficient (Wildman–Crippen LogP) is 0.616. The van der Waals surface area contributed by atoms with Gasteiger partial charge in [-0.25, -0.2) is 9.61 Å². The Morgan fingerprint density at radius 3 is 2.88 bits per heavy atom. The van der Waals surface area contributed by atoms with Gasteiger partial charge in [0.05, 0.1) is 11.7 Å². The summed E-state index contributed by atoms with van der Waals surface area (Å²) in [6, 6.07) is 0.254. The van der Waals surface area contributed by atoms with Crippen LogP contribution in [0, 0.1) is 0 Å². The molecule has 0 spiro atoms. The first-order chi connectivity index (χ1) is 11.7. The highest BCUT2D eigenvalue weighted by Crippen LogP contribution is 2.28. The van der Waals surface area contributed by atoms with Crippen LogP contribution in [0.5, 0.6) is 0 Å². The van der Waals surface area contributed by atoms with Gasteiger partial charge in [0.25, 0.3) is 0 Å². The number of nitrogens with two attached hydrogens (primary N) is 2. The molecule has 0 unspecified atom stereocenters. The molecule has 24 heavy (non-hydrogen) atoms. The molecule has 3 aromatic heterocycles. The van der Waals surface area contributed by atoms with Gasteiger partial charge >= 0.3 is 0 Å². The predicted molar refractivity (Wildman–Crippen MR) is 88.8 cm³/mol. The molecule has 0 saturated carbocycles. The lowest BCUT2D eigenvalue weighted by Crippen LogP contribution is -2.26. The van der Waals surface area contributed by atoms with Gasteiger partial charge in [0.15, 0.2) is 17.3 Å². The molecule has 0 radical (unpaired) electrons. The topological polar surface area (TPSA) is 125 Å². The lowest BCUT2D eigenvalue weighted by atomic mass is 10.2. The third-order valence-corrected chi connectivity index (χ3v) is 4.47. The number of imidazole rings is 1. The molecule has 9 nitrogen and oxygen atoms in total. The molecule has 3 aromatic rings. The van der Waals surface area contributed by atoms with Crippen LogP contribution in [0.25, 0.3) is 22.6 Å². The molecular formula is C15H20N8O. The maximum Gasteiger partial charge on any atom is 0.199 e. The molecule has 4 heterocycles. The molecule has 4 N–H and O–H groups in total. The first-order valence-electron chi connectivity index (χ1n) is 8.06. The summed E-state index contributed by atoms with van der Waals surface area (Å²) in [5.74, 6) is 0.888. The van der Waals surface area contributed by atoms with E-state index in [1.54, 1.807) is 6.20 Å². The summed E-state index contributed by atoms with van der Waals surface area (Å²) in [6.45, 7) is 5.50. The molecule has 1 aliphatic heterocycles. The van der Waals surface area contributed by atoms with Crippen LogP contribution in [-0.2, 0) is 13.1 Å². The molecule has 1 aliphatic rings. The summed E-state index contributed by atoms with van der Waals surface area (Å²) < 4.78 is 6.81. The minimum Gasteiger partial charge on any atom is -0.379 e. The SMILES string of the molecule is CCn1c(-c2nonc2N)nc2cncc(CN3CC[C@@H](N)C3)c21. The summed E-state index contributed by atoms with van der Waals surface area (Å²) in [7, 11) is 0. The fraction of sp³-hybridized carbons (Fsp3) is 0.467. The van der Waals surface area contributed by atoms with E-state index in [9.17, 15) is 0 Å². The maximum absolute atomic E-state index is 6.02. The molecule has 9 heteroatoms. The number of likely N-dealkylation sites (tertiary alicyclic amines) is 1. The zero-order chi connectivity index (χ0) is 16.7. The van der Waals surface area contributed by atoms with E-state index >= 15 is 0 Å². The Balaban J connectivity index is 1.81. The maximum atomic E-state index is 6.02. The lowest BCUT2D eigenvalue weighted by molar-refractivity contribution is 0.310.